The van der Waals surface area contributed by atoms with Crippen molar-refractivity contribution < 1.29 is 0 Å². The highest BCUT2D eigenvalue weighted by Crippen LogP contribution is 2.25. The Labute approximate surface area is 94.7 Å². The zero-order valence-corrected chi connectivity index (χ0v) is 9.52. The second-order valence-corrected chi connectivity index (χ2v) is 4.50. The Morgan fingerprint density at radius 2 is 2.13 bits per heavy atom. The normalized spacial score (nSPS) is 19.5. The van der Waals surface area contributed by atoms with Crippen LogP contribution in [0.1, 0.15) is 6.92 Å². The van der Waals surface area contributed by atoms with E-state index in [0.717, 1.165) is 5.75 Å². The van der Waals surface area contributed by atoms with E-state index < -0.39 is 0 Å². The molecule has 1 aromatic rings. The number of allylic oxidation sites excluding steroid dienone is 1. The van der Waals surface area contributed by atoms with Crippen molar-refractivity contribution >= 4 is 23.7 Å². The molecule has 1 aliphatic heterocycles. The molecule has 78 valence electrons. The lowest BCUT2D eigenvalue weighted by Crippen LogP contribution is -2.28. The molecule has 2 rings (SSSR count). The number of anilines is 1. The zero-order chi connectivity index (χ0) is 10.5. The second kappa shape index (κ2) is 5.03. The molecule has 3 heteroatoms. The number of hydrogen-bond donors (Lipinski definition) is 0. The highest BCUT2D eigenvalue weighted by atomic mass is 32.2. The van der Waals surface area contributed by atoms with Gasteiger partial charge in [0.2, 0.25) is 0 Å². The minimum Gasteiger partial charge on any atom is -0.317 e. The van der Waals surface area contributed by atoms with Crippen LogP contribution in [-0.2, 0) is 0 Å². The highest BCUT2D eigenvalue weighted by Gasteiger charge is 2.16. The predicted molar refractivity (Wildman–Crippen MR) is 68.5 cm³/mol. The van der Waals surface area contributed by atoms with Crippen molar-refractivity contribution in [3.63, 3.8) is 0 Å². The second-order valence-electron chi connectivity index (χ2n) is 3.16. The van der Waals surface area contributed by atoms with E-state index >= 15 is 0 Å². The molecule has 0 radical (unpaired) electrons. The Morgan fingerprint density at radius 3 is 2.87 bits per heavy atom. The van der Waals surface area contributed by atoms with Crippen LogP contribution in [0, 0.1) is 0 Å². The van der Waals surface area contributed by atoms with Gasteiger partial charge in [0.1, 0.15) is 0 Å². The average molecular weight is 218 g/mol. The van der Waals surface area contributed by atoms with Gasteiger partial charge in [-0.3, -0.25) is 4.99 Å². The summed E-state index contributed by atoms with van der Waals surface area (Å²) in [4.78, 5) is 6.64. The highest BCUT2D eigenvalue weighted by molar-refractivity contribution is 7.99. The van der Waals surface area contributed by atoms with Crippen LogP contribution in [0.25, 0.3) is 0 Å². The molecule has 0 spiro atoms. The van der Waals surface area contributed by atoms with Gasteiger partial charge in [0.05, 0.1) is 0 Å². The summed E-state index contributed by atoms with van der Waals surface area (Å²) in [6.07, 6.45) is 5.92. The molecule has 0 aliphatic carbocycles. The largest absolute Gasteiger partial charge is 0.317 e. The van der Waals surface area contributed by atoms with Gasteiger partial charge in [0, 0.05) is 18.1 Å². The van der Waals surface area contributed by atoms with Gasteiger partial charge < -0.3 is 4.90 Å². The minimum atomic E-state index is 0.183. The first-order valence-corrected chi connectivity index (χ1v) is 6.11. The lowest BCUT2D eigenvalue weighted by atomic mass is 10.3. The zero-order valence-electron chi connectivity index (χ0n) is 8.71. The Kier molecular flexibility index (Phi) is 3.45. The molecule has 1 unspecified atom stereocenters. The molecular formula is C12H14N2S. The number of hydrogen-bond acceptors (Lipinski definition) is 3. The third kappa shape index (κ3) is 2.42. The predicted octanol–water partition coefficient (Wildman–Crippen LogP) is 3.13. The van der Waals surface area contributed by atoms with Crippen molar-refractivity contribution in [3.05, 3.63) is 42.6 Å². The maximum absolute atomic E-state index is 4.45. The smallest absolute Gasteiger partial charge is 0.172 e. The van der Waals surface area contributed by atoms with Crippen molar-refractivity contribution in [2.24, 2.45) is 4.99 Å². The quantitative estimate of drug-likeness (QED) is 0.774. The minimum absolute atomic E-state index is 0.183. The first-order valence-electron chi connectivity index (χ1n) is 5.07. The molecule has 0 N–H and O–H groups in total. The molecule has 15 heavy (non-hydrogen) atoms. The summed E-state index contributed by atoms with van der Waals surface area (Å²) in [6.45, 7) is 2.15. The van der Waals surface area contributed by atoms with Gasteiger partial charge in [-0.05, 0) is 24.0 Å². The number of aliphatic imine (C=N–C) groups is 1. The van der Waals surface area contributed by atoms with E-state index in [2.05, 4.69) is 47.3 Å². The molecule has 0 bridgehead atoms. The van der Waals surface area contributed by atoms with Crippen molar-refractivity contribution in [2.45, 2.75) is 12.4 Å². The van der Waals surface area contributed by atoms with E-state index in [-0.39, 0.29) is 5.50 Å². The Hall–Kier alpha value is -1.22. The Morgan fingerprint density at radius 1 is 1.33 bits per heavy atom. The maximum Gasteiger partial charge on any atom is 0.172 e. The van der Waals surface area contributed by atoms with Crippen LogP contribution in [-0.4, -0.2) is 17.5 Å². The first-order chi connectivity index (χ1) is 7.42. The van der Waals surface area contributed by atoms with Gasteiger partial charge >= 0.3 is 0 Å². The summed E-state index contributed by atoms with van der Waals surface area (Å²) >= 11 is 1.83. The van der Waals surface area contributed by atoms with E-state index in [1.54, 1.807) is 0 Å². The third-order valence-electron chi connectivity index (χ3n) is 2.15. The Bertz CT molecular complexity index is 359. The van der Waals surface area contributed by atoms with Gasteiger partial charge in [-0.2, -0.15) is 0 Å². The lowest BCUT2D eigenvalue weighted by Gasteiger charge is -2.28. The van der Waals surface area contributed by atoms with Gasteiger partial charge in [0.15, 0.2) is 5.50 Å². The van der Waals surface area contributed by atoms with Crippen molar-refractivity contribution in [1.29, 1.82) is 0 Å². The van der Waals surface area contributed by atoms with E-state index in [1.165, 1.54) is 5.69 Å². The monoisotopic (exact) mass is 218 g/mol. The van der Waals surface area contributed by atoms with E-state index in [1.807, 2.05) is 30.1 Å². The van der Waals surface area contributed by atoms with Crippen molar-refractivity contribution in [1.82, 2.24) is 0 Å². The van der Waals surface area contributed by atoms with E-state index in [0.29, 0.717) is 0 Å². The molecule has 2 nitrogen and oxygen atoms in total. The molecule has 1 aromatic carbocycles. The standard InChI is InChI=1S/C12H14N2S/c1-2-15-12-13-9-6-10-14(12)11-7-4-3-5-8-11/h3-10,12H,2H2,1H3. The summed E-state index contributed by atoms with van der Waals surface area (Å²) in [5.74, 6) is 1.07. The van der Waals surface area contributed by atoms with Crippen LogP contribution in [0.4, 0.5) is 5.69 Å². The first kappa shape index (κ1) is 10.3. The summed E-state index contributed by atoms with van der Waals surface area (Å²) in [5, 5.41) is 0. The molecule has 1 atom stereocenters. The molecule has 1 aliphatic rings. The molecule has 0 saturated heterocycles. The molecule has 0 amide bonds. The van der Waals surface area contributed by atoms with Crippen molar-refractivity contribution in [2.75, 3.05) is 10.7 Å². The maximum atomic E-state index is 4.45. The van der Waals surface area contributed by atoms with Crippen LogP contribution in [0.15, 0.2) is 47.6 Å². The molecule has 1 heterocycles. The lowest BCUT2D eigenvalue weighted by molar-refractivity contribution is 0.905. The molecule has 0 aromatic heterocycles. The van der Waals surface area contributed by atoms with E-state index in [9.17, 15) is 0 Å². The van der Waals surface area contributed by atoms with E-state index in [4.69, 9.17) is 0 Å². The average Bonchev–Trinajstić information content (AvgIpc) is 2.31. The van der Waals surface area contributed by atoms with Crippen LogP contribution >= 0.6 is 11.8 Å². The number of thioether (sulfide) groups is 1. The third-order valence-corrected chi connectivity index (χ3v) is 3.13. The summed E-state index contributed by atoms with van der Waals surface area (Å²) in [5.41, 5.74) is 1.37. The van der Waals surface area contributed by atoms with Crippen LogP contribution in [0.5, 0.6) is 0 Å². The van der Waals surface area contributed by atoms with Gasteiger partial charge in [0.25, 0.3) is 0 Å². The number of rotatable bonds is 3. The summed E-state index contributed by atoms with van der Waals surface area (Å²) < 4.78 is 0. The molecule has 0 saturated carbocycles. The number of nitrogens with zero attached hydrogens (tertiary/aromatic N) is 2. The molecule has 0 fully saturated rings. The van der Waals surface area contributed by atoms with Gasteiger partial charge in [-0.15, -0.1) is 11.8 Å². The van der Waals surface area contributed by atoms with Gasteiger partial charge in [-0.1, -0.05) is 25.1 Å². The SMILES string of the molecule is CCSC1N=CC=CN1c1ccccc1. The summed E-state index contributed by atoms with van der Waals surface area (Å²) in [6, 6.07) is 10.3. The fourth-order valence-corrected chi connectivity index (χ4v) is 2.29. The van der Waals surface area contributed by atoms with Crippen molar-refractivity contribution in [3.8, 4) is 0 Å². The van der Waals surface area contributed by atoms with Crippen LogP contribution in [0.3, 0.4) is 0 Å². The van der Waals surface area contributed by atoms with Crippen LogP contribution < -0.4 is 4.90 Å². The molecular weight excluding hydrogens is 204 g/mol. The topological polar surface area (TPSA) is 15.6 Å². The van der Waals surface area contributed by atoms with Crippen LogP contribution in [0.2, 0.25) is 0 Å². The Balaban J connectivity index is 2.20. The number of para-hydroxylation sites is 1. The fourth-order valence-electron chi connectivity index (χ4n) is 1.49. The summed E-state index contributed by atoms with van der Waals surface area (Å²) in [7, 11) is 0. The number of benzene rings is 1. The van der Waals surface area contributed by atoms with Gasteiger partial charge in [-0.25, -0.2) is 0 Å². The fraction of sp³-hybridized carbons (Fsp3) is 0.250.